The van der Waals surface area contributed by atoms with Crippen LogP contribution in [0.5, 0.6) is 0 Å². The van der Waals surface area contributed by atoms with E-state index in [0.717, 1.165) is 17.2 Å². The van der Waals surface area contributed by atoms with Gasteiger partial charge in [-0.1, -0.05) is 0 Å². The molecular weight excluding hydrogens is 194 g/mol. The lowest BCUT2D eigenvalue weighted by molar-refractivity contribution is 0.667. The highest BCUT2D eigenvalue weighted by atomic mass is 32.1. The second-order valence-electron chi connectivity index (χ2n) is 3.92. The van der Waals surface area contributed by atoms with Crippen LogP contribution in [0.1, 0.15) is 28.6 Å². The van der Waals surface area contributed by atoms with Crippen LogP contribution in [0.3, 0.4) is 0 Å². The molecule has 1 aliphatic rings. The van der Waals surface area contributed by atoms with E-state index in [1.54, 1.807) is 0 Å². The van der Waals surface area contributed by atoms with Crippen LogP contribution in [0.4, 0.5) is 0 Å². The first-order chi connectivity index (χ1) is 6.79. The molecule has 0 fully saturated rings. The molecule has 2 N–H and O–H groups in total. The monoisotopic (exact) mass is 207 g/mol. The summed E-state index contributed by atoms with van der Waals surface area (Å²) in [6.07, 6.45) is 4.52. The van der Waals surface area contributed by atoms with E-state index in [2.05, 4.69) is 15.6 Å². The summed E-state index contributed by atoms with van der Waals surface area (Å²) in [6.45, 7) is 2.80. The van der Waals surface area contributed by atoms with Crippen molar-refractivity contribution in [3.05, 3.63) is 22.5 Å². The van der Waals surface area contributed by atoms with Crippen molar-refractivity contribution in [1.29, 1.82) is 0 Å². The van der Waals surface area contributed by atoms with E-state index in [0.29, 0.717) is 5.92 Å². The number of hydrogen-bond acceptors (Lipinski definition) is 3. The molecule has 0 aliphatic heterocycles. The van der Waals surface area contributed by atoms with E-state index in [1.807, 2.05) is 18.3 Å². The average Bonchev–Trinajstić information content (AvgIpc) is 2.74. The summed E-state index contributed by atoms with van der Waals surface area (Å²) in [7, 11) is 0. The predicted octanol–water partition coefficient (Wildman–Crippen LogP) is 1.69. The summed E-state index contributed by atoms with van der Waals surface area (Å²) in [5, 5.41) is 0. The molecule has 4 heteroatoms. The molecule has 2 heterocycles. The van der Waals surface area contributed by atoms with Crippen molar-refractivity contribution >= 4 is 16.3 Å². The normalized spacial score (nSPS) is 20.6. The molecular formula is C10H13N3S. The molecule has 2 aromatic rings. The Bertz CT molecular complexity index is 483. The van der Waals surface area contributed by atoms with Crippen molar-refractivity contribution in [1.82, 2.24) is 9.38 Å². The summed E-state index contributed by atoms with van der Waals surface area (Å²) >= 11 is 1.82. The van der Waals surface area contributed by atoms with Crippen LogP contribution in [0.25, 0.3) is 4.96 Å². The summed E-state index contributed by atoms with van der Waals surface area (Å²) in [4.78, 5) is 7.10. The number of fused-ring (bicyclic) bond motifs is 3. The Morgan fingerprint density at radius 2 is 2.57 bits per heavy atom. The minimum Gasteiger partial charge on any atom is -0.330 e. The molecule has 0 saturated heterocycles. The highest BCUT2D eigenvalue weighted by Gasteiger charge is 2.26. The minimum atomic E-state index is 0.548. The maximum absolute atomic E-state index is 5.78. The van der Waals surface area contributed by atoms with Crippen molar-refractivity contribution in [3.8, 4) is 0 Å². The van der Waals surface area contributed by atoms with Gasteiger partial charge in [0, 0.05) is 29.2 Å². The van der Waals surface area contributed by atoms with Gasteiger partial charge < -0.3 is 5.73 Å². The first kappa shape index (κ1) is 8.44. The molecule has 3 rings (SSSR count). The Morgan fingerprint density at radius 3 is 3.36 bits per heavy atom. The number of thiazole rings is 1. The lowest BCUT2D eigenvalue weighted by Crippen LogP contribution is -2.11. The summed E-state index contributed by atoms with van der Waals surface area (Å²) < 4.78 is 2.24. The minimum absolute atomic E-state index is 0.548. The molecule has 2 aromatic heterocycles. The average molecular weight is 207 g/mol. The smallest absolute Gasteiger partial charge is 0.194 e. The maximum atomic E-state index is 5.78. The quantitative estimate of drug-likeness (QED) is 0.773. The van der Waals surface area contributed by atoms with E-state index >= 15 is 0 Å². The van der Waals surface area contributed by atoms with Gasteiger partial charge in [-0.2, -0.15) is 0 Å². The third-order valence-electron chi connectivity index (χ3n) is 2.94. The van der Waals surface area contributed by atoms with Crippen LogP contribution in [0.15, 0.2) is 6.20 Å². The summed E-state index contributed by atoms with van der Waals surface area (Å²) in [5.41, 5.74) is 8.30. The Labute approximate surface area is 86.6 Å². The van der Waals surface area contributed by atoms with Crippen molar-refractivity contribution in [2.75, 3.05) is 6.54 Å². The fourth-order valence-corrected chi connectivity index (χ4v) is 3.54. The van der Waals surface area contributed by atoms with Crippen molar-refractivity contribution in [2.24, 2.45) is 5.73 Å². The molecule has 14 heavy (non-hydrogen) atoms. The summed E-state index contributed by atoms with van der Waals surface area (Å²) in [6, 6.07) is 0. The molecule has 1 unspecified atom stereocenters. The molecule has 0 spiro atoms. The van der Waals surface area contributed by atoms with E-state index in [9.17, 15) is 0 Å². The molecule has 0 aromatic carbocycles. The van der Waals surface area contributed by atoms with E-state index in [1.165, 1.54) is 23.4 Å². The van der Waals surface area contributed by atoms with Gasteiger partial charge in [-0.3, -0.25) is 4.40 Å². The zero-order valence-electron chi connectivity index (χ0n) is 8.16. The second-order valence-corrected chi connectivity index (χ2v) is 4.98. The summed E-state index contributed by atoms with van der Waals surface area (Å²) in [5.74, 6) is 0.548. The lowest BCUT2D eigenvalue weighted by Gasteiger charge is -2.05. The largest absolute Gasteiger partial charge is 0.330 e. The van der Waals surface area contributed by atoms with Gasteiger partial charge in [-0.25, -0.2) is 4.98 Å². The molecule has 0 radical (unpaired) electrons. The Hall–Kier alpha value is -0.870. The van der Waals surface area contributed by atoms with Crippen LogP contribution in [-0.4, -0.2) is 15.9 Å². The van der Waals surface area contributed by atoms with Crippen LogP contribution in [-0.2, 0) is 6.42 Å². The third-order valence-corrected chi connectivity index (χ3v) is 4.08. The number of imidazole rings is 1. The van der Waals surface area contributed by atoms with Gasteiger partial charge in [0.25, 0.3) is 0 Å². The van der Waals surface area contributed by atoms with E-state index in [-0.39, 0.29) is 0 Å². The standard InChI is InChI=1S/C10H13N3S/c1-6-5-13-9-7(4-11)2-3-8(9)14-10(13)12-6/h5,7H,2-4,11H2,1H3. The molecule has 74 valence electrons. The lowest BCUT2D eigenvalue weighted by atomic mass is 10.1. The first-order valence-electron chi connectivity index (χ1n) is 4.97. The Morgan fingerprint density at radius 1 is 1.71 bits per heavy atom. The zero-order chi connectivity index (χ0) is 9.71. The van der Waals surface area contributed by atoms with Crippen LogP contribution >= 0.6 is 11.3 Å². The van der Waals surface area contributed by atoms with Gasteiger partial charge in [0.2, 0.25) is 0 Å². The zero-order valence-corrected chi connectivity index (χ0v) is 8.97. The van der Waals surface area contributed by atoms with Gasteiger partial charge in [0.1, 0.15) is 0 Å². The second kappa shape index (κ2) is 2.81. The number of aryl methyl sites for hydroxylation is 2. The third kappa shape index (κ3) is 0.980. The number of nitrogens with zero attached hydrogens (tertiary/aromatic N) is 2. The Kier molecular flexibility index (Phi) is 1.69. The highest BCUT2D eigenvalue weighted by molar-refractivity contribution is 7.17. The fourth-order valence-electron chi connectivity index (χ4n) is 2.29. The van der Waals surface area contributed by atoms with Crippen molar-refractivity contribution in [2.45, 2.75) is 25.7 Å². The SMILES string of the molecule is Cc1cn2c3c(sc2n1)CCC3CN. The topological polar surface area (TPSA) is 43.3 Å². The van der Waals surface area contributed by atoms with Gasteiger partial charge in [0.15, 0.2) is 4.96 Å². The van der Waals surface area contributed by atoms with Gasteiger partial charge in [0.05, 0.1) is 5.69 Å². The maximum Gasteiger partial charge on any atom is 0.194 e. The van der Waals surface area contributed by atoms with Gasteiger partial charge in [-0.15, -0.1) is 11.3 Å². The van der Waals surface area contributed by atoms with Crippen LogP contribution in [0, 0.1) is 6.92 Å². The van der Waals surface area contributed by atoms with Crippen molar-refractivity contribution in [3.63, 3.8) is 0 Å². The molecule has 0 bridgehead atoms. The molecule has 3 nitrogen and oxygen atoms in total. The Balaban J connectivity index is 2.27. The van der Waals surface area contributed by atoms with Gasteiger partial charge >= 0.3 is 0 Å². The van der Waals surface area contributed by atoms with Gasteiger partial charge in [-0.05, 0) is 19.8 Å². The highest BCUT2D eigenvalue weighted by Crippen LogP contribution is 2.38. The number of aromatic nitrogens is 2. The first-order valence-corrected chi connectivity index (χ1v) is 5.78. The van der Waals surface area contributed by atoms with E-state index in [4.69, 9.17) is 5.73 Å². The predicted molar refractivity (Wildman–Crippen MR) is 57.9 cm³/mol. The molecule has 0 amide bonds. The number of rotatable bonds is 1. The molecule has 0 saturated carbocycles. The number of hydrogen-bond donors (Lipinski definition) is 1. The van der Waals surface area contributed by atoms with Crippen LogP contribution < -0.4 is 5.73 Å². The van der Waals surface area contributed by atoms with Crippen LogP contribution in [0.2, 0.25) is 0 Å². The number of nitrogens with two attached hydrogens (primary N) is 1. The molecule has 1 aliphatic carbocycles. The van der Waals surface area contributed by atoms with Crippen molar-refractivity contribution < 1.29 is 0 Å². The fraction of sp³-hybridized carbons (Fsp3) is 0.500. The van der Waals surface area contributed by atoms with E-state index < -0.39 is 0 Å². The molecule has 1 atom stereocenters.